The highest BCUT2D eigenvalue weighted by Gasteiger charge is 2.23. The zero-order chi connectivity index (χ0) is 30.6. The fraction of sp³-hybridized carbons (Fsp3) is 0.167. The number of aliphatic imine (C=N–C) groups is 2. The molecule has 0 saturated carbocycles. The Morgan fingerprint density at radius 1 is 1.20 bits per heavy atom. The predicted molar refractivity (Wildman–Crippen MR) is 171 cm³/mol. The van der Waals surface area contributed by atoms with Crippen molar-refractivity contribution in [2.45, 2.75) is 6.54 Å². The highest BCUT2D eigenvalue weighted by molar-refractivity contribution is 6.68. The summed E-state index contributed by atoms with van der Waals surface area (Å²) in [5, 5.41) is 16.6. The third-order valence-electron chi connectivity index (χ3n) is 5.09. The van der Waals surface area contributed by atoms with Gasteiger partial charge in [0.15, 0.2) is 0 Å². The number of nitrogens with zero attached hydrogens (tertiary/aromatic N) is 3. The Balaban J connectivity index is 0.00000411. The molecule has 0 bridgehead atoms. The quantitative estimate of drug-likeness (QED) is 0.103. The molecule has 0 aliphatic heterocycles. The molecule has 2 rings (SSSR count). The van der Waals surface area contributed by atoms with E-state index in [0.717, 1.165) is 5.56 Å². The minimum absolute atomic E-state index is 0.111. The van der Waals surface area contributed by atoms with Crippen LogP contribution < -0.4 is 26.6 Å². The van der Waals surface area contributed by atoms with Crippen molar-refractivity contribution in [3.8, 4) is 0 Å². The lowest BCUT2D eigenvalue weighted by atomic mass is 10.1. The van der Waals surface area contributed by atoms with Crippen molar-refractivity contribution in [3.05, 3.63) is 121 Å². The topological polar surface area (TPSA) is 114 Å². The van der Waals surface area contributed by atoms with Gasteiger partial charge >= 0.3 is 0 Å². The number of benzene rings is 2. The molecule has 0 saturated heterocycles. The highest BCUT2D eigenvalue weighted by atomic mass is 35.5. The molecule has 0 fully saturated rings. The first kappa shape index (κ1) is 34.5. The second-order valence-electron chi connectivity index (χ2n) is 7.93. The Morgan fingerprint density at radius 2 is 1.90 bits per heavy atom. The van der Waals surface area contributed by atoms with Gasteiger partial charge in [0, 0.05) is 49.5 Å². The summed E-state index contributed by atoms with van der Waals surface area (Å²) < 4.78 is 28.1. The number of anilines is 2. The van der Waals surface area contributed by atoms with E-state index in [0.29, 0.717) is 17.0 Å². The van der Waals surface area contributed by atoms with Crippen LogP contribution in [0.15, 0.2) is 119 Å². The van der Waals surface area contributed by atoms with Crippen molar-refractivity contribution in [2.75, 3.05) is 37.5 Å². The molecule has 0 spiro atoms. The van der Waals surface area contributed by atoms with E-state index in [4.69, 9.17) is 17.0 Å². The number of rotatable bonds is 15. The van der Waals surface area contributed by atoms with Gasteiger partial charge < -0.3 is 26.6 Å². The first-order chi connectivity index (χ1) is 19.8. The lowest BCUT2D eigenvalue weighted by molar-refractivity contribution is 0.561. The van der Waals surface area contributed by atoms with Gasteiger partial charge in [0.2, 0.25) is 0 Å². The number of nitrogens with one attached hydrogen (secondary N) is 4. The van der Waals surface area contributed by atoms with Crippen LogP contribution in [0.25, 0.3) is 0 Å². The molecule has 2 aromatic carbocycles. The second-order valence-corrected chi connectivity index (χ2v) is 8.31. The molecule has 0 aromatic heterocycles. The highest BCUT2D eigenvalue weighted by Crippen LogP contribution is 2.29. The summed E-state index contributed by atoms with van der Waals surface area (Å²) in [4.78, 5) is 10.3. The molecule has 11 heteroatoms. The zero-order valence-electron chi connectivity index (χ0n) is 23.3. The molecule has 0 atom stereocenters. The van der Waals surface area contributed by atoms with Crippen molar-refractivity contribution in [1.29, 1.82) is 5.41 Å². The average Bonchev–Trinajstić information content (AvgIpc) is 2.98. The van der Waals surface area contributed by atoms with Gasteiger partial charge in [-0.25, -0.2) is 13.8 Å². The second kappa shape index (κ2) is 19.5. The summed E-state index contributed by atoms with van der Waals surface area (Å²) in [5.41, 5.74) is 7.11. The van der Waals surface area contributed by atoms with Crippen LogP contribution in [-0.4, -0.2) is 45.0 Å². The van der Waals surface area contributed by atoms with Crippen LogP contribution in [0.2, 0.25) is 0 Å². The predicted octanol–water partition coefficient (Wildman–Crippen LogP) is 5.85. The fourth-order valence-corrected chi connectivity index (χ4v) is 3.52. The molecule has 8 nitrogen and oxygen atoms in total. The number of alkyl halides is 1. The van der Waals surface area contributed by atoms with Gasteiger partial charge in [-0.1, -0.05) is 61.2 Å². The first-order valence-electron chi connectivity index (χ1n) is 12.4. The molecule has 0 unspecified atom stereocenters. The Labute approximate surface area is 245 Å². The Hall–Kier alpha value is -4.54. The average molecular weight is 583 g/mol. The Morgan fingerprint density at radius 3 is 2.49 bits per heavy atom. The maximum Gasteiger partial charge on any atom is 0.148 e. The van der Waals surface area contributed by atoms with Crippen molar-refractivity contribution >= 4 is 40.7 Å². The third kappa shape index (κ3) is 11.6. The molecular weight excluding hydrogens is 546 g/mol. The Kier molecular flexibility index (Phi) is 16.4. The number of hydrogen-bond donors (Lipinski definition) is 5. The fourth-order valence-electron chi connectivity index (χ4n) is 3.43. The van der Waals surface area contributed by atoms with E-state index in [1.54, 1.807) is 24.1 Å². The van der Waals surface area contributed by atoms with Crippen molar-refractivity contribution < 1.29 is 8.78 Å². The van der Waals surface area contributed by atoms with Gasteiger partial charge in [0.25, 0.3) is 0 Å². The van der Waals surface area contributed by atoms with Gasteiger partial charge in [0.1, 0.15) is 29.2 Å². The van der Waals surface area contributed by atoms with E-state index in [1.165, 1.54) is 43.9 Å². The van der Waals surface area contributed by atoms with Crippen molar-refractivity contribution in [1.82, 2.24) is 10.6 Å². The van der Waals surface area contributed by atoms with E-state index in [9.17, 15) is 4.39 Å². The van der Waals surface area contributed by atoms with Crippen LogP contribution >= 0.6 is 11.6 Å². The van der Waals surface area contributed by atoms with Crippen molar-refractivity contribution in [2.24, 2.45) is 15.7 Å². The van der Waals surface area contributed by atoms with Gasteiger partial charge in [-0.2, -0.15) is 0 Å². The van der Waals surface area contributed by atoms with Crippen LogP contribution in [0.1, 0.15) is 5.56 Å². The zero-order valence-corrected chi connectivity index (χ0v) is 24.1. The number of allylic oxidation sites excluding steroid dienone is 3. The van der Waals surface area contributed by atoms with Crippen LogP contribution in [0, 0.1) is 11.2 Å². The Bertz CT molecular complexity index is 1290. The summed E-state index contributed by atoms with van der Waals surface area (Å²) in [6.45, 7) is 10.9. The minimum Gasteiger partial charge on any atom is -0.392 e. The number of amidine groups is 1. The smallest absolute Gasteiger partial charge is 0.148 e. The van der Waals surface area contributed by atoms with Gasteiger partial charge in [-0.3, -0.25) is 10.4 Å². The largest absolute Gasteiger partial charge is 0.392 e. The van der Waals surface area contributed by atoms with Gasteiger partial charge in [-0.05, 0) is 49.8 Å². The molecule has 41 heavy (non-hydrogen) atoms. The lowest BCUT2D eigenvalue weighted by Crippen LogP contribution is -2.35. The van der Waals surface area contributed by atoms with Gasteiger partial charge in [0.05, 0.1) is 5.69 Å². The summed E-state index contributed by atoms with van der Waals surface area (Å²) in [7, 11) is 3.15. The van der Waals surface area contributed by atoms with Crippen LogP contribution in [0.4, 0.5) is 20.2 Å². The maximum absolute atomic E-state index is 15.6. The number of nitrogens with two attached hydrogens (primary N) is 1. The molecule has 0 aliphatic rings. The van der Waals surface area contributed by atoms with E-state index in [-0.39, 0.29) is 35.5 Å². The summed E-state index contributed by atoms with van der Waals surface area (Å²) in [6.07, 6.45) is 7.27. The minimum atomic E-state index is -0.636. The van der Waals surface area contributed by atoms with Crippen LogP contribution in [-0.2, 0) is 6.54 Å². The monoisotopic (exact) mass is 582 g/mol. The van der Waals surface area contributed by atoms with E-state index in [1.807, 2.05) is 30.3 Å². The van der Waals surface area contributed by atoms with E-state index < -0.39 is 12.5 Å². The molecule has 0 aliphatic carbocycles. The van der Waals surface area contributed by atoms with E-state index in [2.05, 4.69) is 51.5 Å². The molecule has 0 heterocycles. The third-order valence-corrected chi connectivity index (χ3v) is 5.29. The van der Waals surface area contributed by atoms with Crippen LogP contribution in [0.3, 0.4) is 0 Å². The number of hydrogen-bond acceptors (Lipinski definition) is 7. The molecule has 6 N–H and O–H groups in total. The summed E-state index contributed by atoms with van der Waals surface area (Å²) in [6, 6.07) is 13.9. The summed E-state index contributed by atoms with van der Waals surface area (Å²) in [5.74, 6) is -0.267. The normalized spacial score (nSPS) is 11.7. The molecule has 0 radical (unpaired) electrons. The van der Waals surface area contributed by atoms with E-state index >= 15 is 4.39 Å². The van der Waals surface area contributed by atoms with Crippen LogP contribution in [0.5, 0.6) is 0 Å². The standard InChI is InChI=1S/C29H32ClF2N7.CH5N/c1-5-36-18-23(17-34-3)29(38-26(19-35-4)28(30)33)39(20-22-11-7-6-8-12-22)27-16-24(13-14-25(27)32)37-21(2)10-9-15-31;1-2/h5-14,16-17,19,33,35-37H,1-3,15,18,20H2,4H3;2H2,1H3/b10-9+,23-17-,26-19+,33-28?,38-29-;. The molecule has 0 amide bonds. The molecule has 218 valence electrons. The molecule has 2 aromatic rings. The lowest BCUT2D eigenvalue weighted by Gasteiger charge is -2.29. The SMILES string of the molecule is C=CNCC(=C/N=C)/C(=N/C(=C/NC)C(=N)Cl)N(Cc1ccccc1)c1cc(NC(=C)/C=C/CF)ccc1F.CN. The maximum atomic E-state index is 15.6. The van der Waals surface area contributed by atoms with Gasteiger partial charge in [-0.15, -0.1) is 0 Å². The molecular formula is C30H37ClF2N8. The summed E-state index contributed by atoms with van der Waals surface area (Å²) >= 11 is 6.05. The first-order valence-corrected chi connectivity index (χ1v) is 12.8. The number of halogens is 3. The van der Waals surface area contributed by atoms with Crippen molar-refractivity contribution in [3.63, 3.8) is 0 Å².